The molecule has 22 heavy (non-hydrogen) atoms. The molecule has 1 aromatic carbocycles. The summed E-state index contributed by atoms with van der Waals surface area (Å²) in [6.45, 7) is 5.57. The van der Waals surface area contributed by atoms with Crippen molar-refractivity contribution in [3.05, 3.63) is 34.8 Å². The van der Waals surface area contributed by atoms with Crippen molar-refractivity contribution >= 4 is 17.2 Å². The third-order valence-electron chi connectivity index (χ3n) is 3.34. The van der Waals surface area contributed by atoms with Gasteiger partial charge in [-0.15, -0.1) is 11.3 Å². The summed E-state index contributed by atoms with van der Waals surface area (Å²) in [5.41, 5.74) is 7.55. The number of aromatic nitrogens is 1. The van der Waals surface area contributed by atoms with Crippen molar-refractivity contribution in [1.82, 2.24) is 10.3 Å². The van der Waals surface area contributed by atoms with Crippen LogP contribution in [0.25, 0.3) is 10.6 Å². The van der Waals surface area contributed by atoms with Crippen LogP contribution < -0.4 is 15.8 Å². The Balaban J connectivity index is 2.21. The molecule has 0 fully saturated rings. The zero-order valence-corrected chi connectivity index (χ0v) is 14.0. The number of aryl methyl sites for hydroxylation is 1. The summed E-state index contributed by atoms with van der Waals surface area (Å²) in [5.74, 6) is 0.654. The molecule has 0 bridgehead atoms. The van der Waals surface area contributed by atoms with E-state index < -0.39 is 6.04 Å². The van der Waals surface area contributed by atoms with Crippen LogP contribution in [0.4, 0.5) is 0 Å². The van der Waals surface area contributed by atoms with Crippen molar-refractivity contribution in [2.75, 3.05) is 7.11 Å². The molecule has 3 N–H and O–H groups in total. The van der Waals surface area contributed by atoms with Gasteiger partial charge in [-0.2, -0.15) is 0 Å². The SMILES string of the molecule is COc1ccc(-c2nc(C)c(C(C)NC(=O)[C@H](C)N)s2)cc1. The number of nitrogens with zero attached hydrogens (tertiary/aromatic N) is 1. The van der Waals surface area contributed by atoms with Crippen LogP contribution >= 0.6 is 11.3 Å². The summed E-state index contributed by atoms with van der Waals surface area (Å²) >= 11 is 1.58. The highest BCUT2D eigenvalue weighted by molar-refractivity contribution is 7.15. The Morgan fingerprint density at radius 3 is 2.50 bits per heavy atom. The third kappa shape index (κ3) is 3.64. The molecule has 6 heteroatoms. The van der Waals surface area contributed by atoms with E-state index in [0.717, 1.165) is 26.9 Å². The highest BCUT2D eigenvalue weighted by atomic mass is 32.1. The van der Waals surface area contributed by atoms with Gasteiger partial charge in [0, 0.05) is 5.56 Å². The molecule has 2 aromatic rings. The number of amides is 1. The minimum Gasteiger partial charge on any atom is -0.497 e. The molecule has 0 aliphatic rings. The summed E-state index contributed by atoms with van der Waals surface area (Å²) in [6, 6.07) is 7.15. The molecule has 2 atom stereocenters. The fraction of sp³-hybridized carbons (Fsp3) is 0.375. The third-order valence-corrected chi connectivity index (χ3v) is 4.72. The predicted octanol–water partition coefficient (Wildman–Crippen LogP) is 2.65. The fourth-order valence-electron chi connectivity index (χ4n) is 2.08. The van der Waals surface area contributed by atoms with Crippen LogP contribution in [0.5, 0.6) is 5.75 Å². The zero-order chi connectivity index (χ0) is 16.3. The van der Waals surface area contributed by atoms with Crippen LogP contribution in [0.2, 0.25) is 0 Å². The van der Waals surface area contributed by atoms with Crippen molar-refractivity contribution in [1.29, 1.82) is 0 Å². The van der Waals surface area contributed by atoms with E-state index in [0.29, 0.717) is 0 Å². The van der Waals surface area contributed by atoms with Gasteiger partial charge in [0.25, 0.3) is 0 Å². The number of hydrogen-bond acceptors (Lipinski definition) is 5. The highest BCUT2D eigenvalue weighted by Crippen LogP contribution is 2.32. The van der Waals surface area contributed by atoms with Crippen molar-refractivity contribution in [3.63, 3.8) is 0 Å². The van der Waals surface area contributed by atoms with Gasteiger partial charge in [-0.05, 0) is 45.0 Å². The quantitative estimate of drug-likeness (QED) is 0.888. The van der Waals surface area contributed by atoms with Gasteiger partial charge in [0.05, 0.1) is 29.8 Å². The number of carbonyl (C=O) groups is 1. The highest BCUT2D eigenvalue weighted by Gasteiger charge is 2.18. The Hall–Kier alpha value is -1.92. The molecule has 1 aromatic heterocycles. The van der Waals surface area contributed by atoms with Crippen molar-refractivity contribution < 1.29 is 9.53 Å². The number of carbonyl (C=O) groups excluding carboxylic acids is 1. The first kappa shape index (κ1) is 16.5. The molecule has 0 aliphatic carbocycles. The van der Waals surface area contributed by atoms with Gasteiger partial charge in [0.15, 0.2) is 0 Å². The van der Waals surface area contributed by atoms with E-state index >= 15 is 0 Å². The van der Waals surface area contributed by atoms with Crippen LogP contribution in [-0.2, 0) is 4.79 Å². The van der Waals surface area contributed by atoms with E-state index in [4.69, 9.17) is 10.5 Å². The molecule has 1 heterocycles. The molecule has 0 saturated heterocycles. The van der Waals surface area contributed by atoms with E-state index in [1.54, 1.807) is 25.4 Å². The van der Waals surface area contributed by atoms with Gasteiger partial charge < -0.3 is 15.8 Å². The van der Waals surface area contributed by atoms with Gasteiger partial charge in [-0.3, -0.25) is 4.79 Å². The van der Waals surface area contributed by atoms with Crippen LogP contribution in [0, 0.1) is 6.92 Å². The van der Waals surface area contributed by atoms with Crippen molar-refractivity contribution in [2.24, 2.45) is 5.73 Å². The second-order valence-electron chi connectivity index (χ2n) is 5.22. The van der Waals surface area contributed by atoms with Gasteiger partial charge in [0.2, 0.25) is 5.91 Å². The van der Waals surface area contributed by atoms with Gasteiger partial charge >= 0.3 is 0 Å². The first-order valence-corrected chi connectivity index (χ1v) is 7.91. The maximum atomic E-state index is 11.7. The summed E-state index contributed by atoms with van der Waals surface area (Å²) in [6.07, 6.45) is 0. The first-order valence-electron chi connectivity index (χ1n) is 7.10. The summed E-state index contributed by atoms with van der Waals surface area (Å²) < 4.78 is 5.16. The Bertz CT molecular complexity index is 650. The van der Waals surface area contributed by atoms with Crippen molar-refractivity contribution in [2.45, 2.75) is 32.9 Å². The zero-order valence-electron chi connectivity index (χ0n) is 13.2. The van der Waals surface area contributed by atoms with E-state index in [9.17, 15) is 4.79 Å². The maximum absolute atomic E-state index is 11.7. The molecule has 0 saturated carbocycles. The van der Waals surface area contributed by atoms with Crippen LogP contribution in [0.15, 0.2) is 24.3 Å². The largest absolute Gasteiger partial charge is 0.497 e. The lowest BCUT2D eigenvalue weighted by Crippen LogP contribution is -2.39. The van der Waals surface area contributed by atoms with E-state index in [2.05, 4.69) is 10.3 Å². The summed E-state index contributed by atoms with van der Waals surface area (Å²) in [7, 11) is 1.64. The molecule has 5 nitrogen and oxygen atoms in total. The molecule has 0 spiro atoms. The van der Waals surface area contributed by atoms with Gasteiger partial charge in [0.1, 0.15) is 10.8 Å². The number of nitrogens with one attached hydrogen (secondary N) is 1. The molecule has 0 radical (unpaired) electrons. The standard InChI is InChI=1S/C16H21N3O2S/c1-9(17)15(20)18-10(2)14-11(3)19-16(22-14)12-5-7-13(21-4)8-6-12/h5-10H,17H2,1-4H3,(H,18,20)/t9-,10?/m0/s1. The number of methoxy groups -OCH3 is 1. The molecule has 0 aliphatic heterocycles. The first-order chi connectivity index (χ1) is 10.4. The van der Waals surface area contributed by atoms with E-state index in [1.807, 2.05) is 38.1 Å². The van der Waals surface area contributed by atoms with E-state index in [-0.39, 0.29) is 11.9 Å². The topological polar surface area (TPSA) is 77.2 Å². The smallest absolute Gasteiger partial charge is 0.237 e. The number of nitrogens with two attached hydrogens (primary N) is 1. The number of hydrogen-bond donors (Lipinski definition) is 2. The molecular weight excluding hydrogens is 298 g/mol. The molecular formula is C16H21N3O2S. The number of rotatable bonds is 5. The van der Waals surface area contributed by atoms with Crippen LogP contribution in [0.1, 0.15) is 30.5 Å². The monoisotopic (exact) mass is 319 g/mol. The second-order valence-corrected chi connectivity index (χ2v) is 6.25. The molecule has 1 unspecified atom stereocenters. The lowest BCUT2D eigenvalue weighted by atomic mass is 10.2. The Morgan fingerprint density at radius 2 is 1.95 bits per heavy atom. The minimum absolute atomic E-state index is 0.108. The average molecular weight is 319 g/mol. The van der Waals surface area contributed by atoms with Crippen LogP contribution in [-0.4, -0.2) is 24.0 Å². The minimum atomic E-state index is -0.517. The fourth-order valence-corrected chi connectivity index (χ4v) is 3.15. The van der Waals surface area contributed by atoms with Crippen LogP contribution in [0.3, 0.4) is 0 Å². The second kappa shape index (κ2) is 6.89. The molecule has 118 valence electrons. The van der Waals surface area contributed by atoms with Gasteiger partial charge in [-0.1, -0.05) is 0 Å². The normalized spacial score (nSPS) is 13.5. The van der Waals surface area contributed by atoms with Gasteiger partial charge in [-0.25, -0.2) is 4.98 Å². The number of thiazole rings is 1. The molecule has 2 rings (SSSR count). The lowest BCUT2D eigenvalue weighted by molar-refractivity contribution is -0.122. The predicted molar refractivity (Wildman–Crippen MR) is 89.0 cm³/mol. The Labute approximate surface area is 134 Å². The summed E-state index contributed by atoms with van der Waals surface area (Å²) in [4.78, 5) is 17.4. The summed E-state index contributed by atoms with van der Waals surface area (Å²) in [5, 5.41) is 3.83. The number of benzene rings is 1. The molecule has 1 amide bonds. The van der Waals surface area contributed by atoms with Crippen molar-refractivity contribution in [3.8, 4) is 16.3 Å². The maximum Gasteiger partial charge on any atom is 0.237 e. The average Bonchev–Trinajstić information content (AvgIpc) is 2.89. The lowest BCUT2D eigenvalue weighted by Gasteiger charge is -2.14. The van der Waals surface area contributed by atoms with E-state index in [1.165, 1.54) is 0 Å². The Morgan fingerprint density at radius 1 is 1.32 bits per heavy atom. The number of ether oxygens (including phenoxy) is 1. The Kier molecular flexibility index (Phi) is 5.15.